The monoisotopic (exact) mass is 289 g/mol. The van der Waals surface area contributed by atoms with Gasteiger partial charge in [0.15, 0.2) is 5.16 Å². The molecule has 0 unspecified atom stereocenters. The molecule has 0 bridgehead atoms. The quantitative estimate of drug-likeness (QED) is 0.695. The third-order valence-corrected chi connectivity index (χ3v) is 3.86. The van der Waals surface area contributed by atoms with E-state index in [1.807, 2.05) is 0 Å². The van der Waals surface area contributed by atoms with E-state index in [1.165, 1.54) is 17.8 Å². The molecule has 0 saturated heterocycles. The normalized spacial score (nSPS) is 12.3. The number of alkyl halides is 3. The van der Waals surface area contributed by atoms with Crippen molar-refractivity contribution in [1.29, 1.82) is 0 Å². The number of hydrogen-bond donors (Lipinski definition) is 1. The number of halogens is 3. The van der Waals surface area contributed by atoms with Crippen LogP contribution in [0.2, 0.25) is 0 Å². The minimum absolute atomic E-state index is 0.368. The van der Waals surface area contributed by atoms with E-state index >= 15 is 0 Å². The van der Waals surface area contributed by atoms with Gasteiger partial charge in [-0.25, -0.2) is 4.98 Å². The molecule has 0 fully saturated rings. The summed E-state index contributed by atoms with van der Waals surface area (Å²) in [6, 6.07) is 3.62. The molecule has 3 nitrogen and oxygen atoms in total. The van der Waals surface area contributed by atoms with Crippen LogP contribution in [-0.4, -0.2) is 21.8 Å². The highest BCUT2D eigenvalue weighted by molar-refractivity contribution is 7.99. The molecule has 1 aromatic carbocycles. The van der Waals surface area contributed by atoms with Crippen LogP contribution in [0.5, 0.6) is 0 Å². The SMILES string of the molecule is Cn1c(SCCCN)nc2cc(C(F)(F)F)ccc21. The Labute approximate surface area is 113 Å². The summed E-state index contributed by atoms with van der Waals surface area (Å²) in [5, 5.41) is 0.711. The fraction of sp³-hybridized carbons (Fsp3) is 0.417. The maximum atomic E-state index is 12.6. The maximum absolute atomic E-state index is 12.6. The van der Waals surface area contributed by atoms with Crippen molar-refractivity contribution >= 4 is 22.8 Å². The predicted octanol–water partition coefficient (Wildman–Crippen LogP) is 3.03. The van der Waals surface area contributed by atoms with Gasteiger partial charge in [0.1, 0.15) is 0 Å². The van der Waals surface area contributed by atoms with Gasteiger partial charge in [0, 0.05) is 12.8 Å². The van der Waals surface area contributed by atoms with Crippen molar-refractivity contribution in [2.45, 2.75) is 17.8 Å². The second-order valence-electron chi connectivity index (χ2n) is 4.15. The number of benzene rings is 1. The van der Waals surface area contributed by atoms with Crippen molar-refractivity contribution in [1.82, 2.24) is 9.55 Å². The first kappa shape index (κ1) is 14.2. The van der Waals surface area contributed by atoms with Crippen LogP contribution in [0.1, 0.15) is 12.0 Å². The Morgan fingerprint density at radius 1 is 1.37 bits per heavy atom. The smallest absolute Gasteiger partial charge is 0.330 e. The largest absolute Gasteiger partial charge is 0.416 e. The van der Waals surface area contributed by atoms with Crippen molar-refractivity contribution in [3.05, 3.63) is 23.8 Å². The van der Waals surface area contributed by atoms with Crippen LogP contribution in [0.25, 0.3) is 11.0 Å². The molecule has 0 atom stereocenters. The average Bonchev–Trinajstić information content (AvgIpc) is 2.65. The molecule has 0 radical (unpaired) electrons. The number of imidazole rings is 1. The number of thioether (sulfide) groups is 1. The van der Waals surface area contributed by atoms with Gasteiger partial charge in [-0.05, 0) is 31.2 Å². The number of hydrogen-bond acceptors (Lipinski definition) is 3. The molecule has 1 aromatic heterocycles. The summed E-state index contributed by atoms with van der Waals surface area (Å²) < 4.78 is 39.7. The molecule has 19 heavy (non-hydrogen) atoms. The van der Waals surface area contributed by atoms with Gasteiger partial charge in [0.2, 0.25) is 0 Å². The number of fused-ring (bicyclic) bond motifs is 1. The van der Waals surface area contributed by atoms with Crippen molar-refractivity contribution < 1.29 is 13.2 Å². The fourth-order valence-corrected chi connectivity index (χ4v) is 2.68. The number of nitrogens with two attached hydrogens (primary N) is 1. The summed E-state index contributed by atoms with van der Waals surface area (Å²) in [5.41, 5.74) is 5.80. The molecule has 2 aromatic rings. The molecule has 0 amide bonds. The predicted molar refractivity (Wildman–Crippen MR) is 70.1 cm³/mol. The topological polar surface area (TPSA) is 43.8 Å². The van der Waals surface area contributed by atoms with Crippen LogP contribution in [0.3, 0.4) is 0 Å². The van der Waals surface area contributed by atoms with Gasteiger partial charge in [-0.1, -0.05) is 11.8 Å². The highest BCUT2D eigenvalue weighted by Crippen LogP contribution is 2.32. The molecule has 0 aliphatic rings. The summed E-state index contributed by atoms with van der Waals surface area (Å²) in [6.45, 7) is 0.592. The highest BCUT2D eigenvalue weighted by atomic mass is 32.2. The number of rotatable bonds is 4. The highest BCUT2D eigenvalue weighted by Gasteiger charge is 2.30. The number of nitrogens with zero attached hydrogens (tertiary/aromatic N) is 2. The van der Waals surface area contributed by atoms with E-state index in [4.69, 9.17) is 5.73 Å². The second kappa shape index (κ2) is 5.42. The Kier molecular flexibility index (Phi) is 4.05. The minimum atomic E-state index is -4.33. The van der Waals surface area contributed by atoms with Crippen molar-refractivity contribution in [2.75, 3.05) is 12.3 Å². The van der Waals surface area contributed by atoms with E-state index in [0.29, 0.717) is 22.7 Å². The van der Waals surface area contributed by atoms with Crippen LogP contribution < -0.4 is 5.73 Å². The lowest BCUT2D eigenvalue weighted by Gasteiger charge is -2.05. The summed E-state index contributed by atoms with van der Waals surface area (Å²) in [6.07, 6.45) is -3.49. The van der Waals surface area contributed by atoms with Crippen LogP contribution in [0.15, 0.2) is 23.4 Å². The number of aryl methyl sites for hydroxylation is 1. The Bertz CT molecular complexity index is 577. The molecule has 7 heteroatoms. The van der Waals surface area contributed by atoms with Gasteiger partial charge in [-0.15, -0.1) is 0 Å². The number of aromatic nitrogens is 2. The van der Waals surface area contributed by atoms with Crippen molar-refractivity contribution in [3.8, 4) is 0 Å². The minimum Gasteiger partial charge on any atom is -0.330 e. The van der Waals surface area contributed by atoms with Crippen LogP contribution in [0, 0.1) is 0 Å². The van der Waals surface area contributed by atoms with E-state index in [2.05, 4.69) is 4.98 Å². The fourth-order valence-electron chi connectivity index (χ4n) is 1.73. The van der Waals surface area contributed by atoms with Gasteiger partial charge in [-0.2, -0.15) is 13.2 Å². The Balaban J connectivity index is 2.34. The molecule has 2 N–H and O–H groups in total. The average molecular weight is 289 g/mol. The zero-order valence-electron chi connectivity index (χ0n) is 10.4. The van der Waals surface area contributed by atoms with Crippen molar-refractivity contribution in [2.24, 2.45) is 12.8 Å². The zero-order valence-corrected chi connectivity index (χ0v) is 11.2. The van der Waals surface area contributed by atoms with Gasteiger partial charge >= 0.3 is 6.18 Å². The summed E-state index contributed by atoms with van der Waals surface area (Å²) in [4.78, 5) is 4.24. The Morgan fingerprint density at radius 2 is 2.11 bits per heavy atom. The first-order chi connectivity index (χ1) is 8.93. The lowest BCUT2D eigenvalue weighted by molar-refractivity contribution is -0.137. The third-order valence-electron chi connectivity index (χ3n) is 2.75. The second-order valence-corrected chi connectivity index (χ2v) is 5.21. The first-order valence-electron chi connectivity index (χ1n) is 5.80. The van der Waals surface area contributed by atoms with Crippen LogP contribution in [-0.2, 0) is 13.2 Å². The molecule has 104 valence electrons. The first-order valence-corrected chi connectivity index (χ1v) is 6.78. The van der Waals surface area contributed by atoms with Gasteiger partial charge < -0.3 is 10.3 Å². The zero-order chi connectivity index (χ0) is 14.0. The van der Waals surface area contributed by atoms with E-state index in [0.717, 1.165) is 24.3 Å². The molecule has 0 aliphatic heterocycles. The van der Waals surface area contributed by atoms with E-state index in [1.54, 1.807) is 11.6 Å². The van der Waals surface area contributed by atoms with Gasteiger partial charge in [-0.3, -0.25) is 0 Å². The van der Waals surface area contributed by atoms with Crippen LogP contribution in [0.4, 0.5) is 13.2 Å². The molecule has 1 heterocycles. The Hall–Kier alpha value is -1.21. The summed E-state index contributed by atoms with van der Waals surface area (Å²) in [5.74, 6) is 0.805. The molecule has 0 saturated carbocycles. The maximum Gasteiger partial charge on any atom is 0.416 e. The van der Waals surface area contributed by atoms with Gasteiger partial charge in [0.25, 0.3) is 0 Å². The molecule has 0 aliphatic carbocycles. The molecular weight excluding hydrogens is 275 g/mol. The van der Waals surface area contributed by atoms with E-state index in [-0.39, 0.29) is 0 Å². The summed E-state index contributed by atoms with van der Waals surface area (Å²) >= 11 is 1.50. The third kappa shape index (κ3) is 3.03. The lowest BCUT2D eigenvalue weighted by Crippen LogP contribution is -2.04. The van der Waals surface area contributed by atoms with Gasteiger partial charge in [0.05, 0.1) is 16.6 Å². The summed E-state index contributed by atoms with van der Waals surface area (Å²) in [7, 11) is 1.80. The Morgan fingerprint density at radius 3 is 2.74 bits per heavy atom. The van der Waals surface area contributed by atoms with Crippen molar-refractivity contribution in [3.63, 3.8) is 0 Å². The van der Waals surface area contributed by atoms with E-state index < -0.39 is 11.7 Å². The van der Waals surface area contributed by atoms with Crippen LogP contribution >= 0.6 is 11.8 Å². The molecular formula is C12H14F3N3S. The molecule has 2 rings (SSSR count). The lowest BCUT2D eigenvalue weighted by atomic mass is 10.2. The molecule has 0 spiro atoms. The van der Waals surface area contributed by atoms with E-state index in [9.17, 15) is 13.2 Å². The standard InChI is InChI=1S/C12H14F3N3S/c1-18-10-4-3-8(12(13,14)15)7-9(10)17-11(18)19-6-2-5-16/h3-4,7H,2,5-6,16H2,1H3.